The zero-order valence-electron chi connectivity index (χ0n) is 15.0. The van der Waals surface area contributed by atoms with E-state index in [1.54, 1.807) is 11.3 Å². The average molecular weight is 382 g/mol. The Morgan fingerprint density at radius 3 is 2.93 bits per heavy atom. The van der Waals surface area contributed by atoms with E-state index >= 15 is 0 Å². The lowest BCUT2D eigenvalue weighted by atomic mass is 10.0. The Labute approximate surface area is 162 Å². The van der Waals surface area contributed by atoms with Crippen LogP contribution in [0.3, 0.4) is 0 Å². The molecular weight excluding hydrogens is 360 g/mol. The molecule has 0 spiro atoms. The number of nitrogens with one attached hydrogen (secondary N) is 1. The van der Waals surface area contributed by atoms with Crippen molar-refractivity contribution >= 4 is 17.2 Å². The van der Waals surface area contributed by atoms with Gasteiger partial charge in [0.05, 0.1) is 17.5 Å². The third-order valence-electron chi connectivity index (χ3n) is 4.76. The van der Waals surface area contributed by atoms with Gasteiger partial charge in [0.15, 0.2) is 0 Å². The quantitative estimate of drug-likeness (QED) is 0.705. The van der Waals surface area contributed by atoms with Crippen LogP contribution in [0.5, 0.6) is 0 Å². The number of benzene rings is 1. The van der Waals surface area contributed by atoms with Gasteiger partial charge in [0.2, 0.25) is 17.6 Å². The molecule has 1 N–H and O–H groups in total. The van der Waals surface area contributed by atoms with Gasteiger partial charge < -0.3 is 9.84 Å². The highest BCUT2D eigenvalue weighted by Crippen LogP contribution is 2.31. The van der Waals surface area contributed by atoms with E-state index < -0.39 is 0 Å². The van der Waals surface area contributed by atoms with E-state index in [1.807, 2.05) is 47.8 Å². The standard InChI is InChI=1S/C20H22N4O2S/c25-18(21-13-15-7-2-1-3-8-15)14-24-11-5-4-9-16(24)20-22-19(23-26-20)17-10-6-12-27-17/h1-3,6-8,10,12,16H,4-5,9,11,13-14H2,(H,21,25)/t16-/m0/s1. The molecule has 0 unspecified atom stereocenters. The fourth-order valence-electron chi connectivity index (χ4n) is 3.37. The summed E-state index contributed by atoms with van der Waals surface area (Å²) in [5, 5.41) is 9.12. The van der Waals surface area contributed by atoms with Crippen LogP contribution in [0.25, 0.3) is 10.7 Å². The van der Waals surface area contributed by atoms with Crippen molar-refractivity contribution in [3.8, 4) is 10.7 Å². The van der Waals surface area contributed by atoms with Gasteiger partial charge in [-0.15, -0.1) is 11.3 Å². The first-order chi connectivity index (χ1) is 13.3. The maximum absolute atomic E-state index is 12.4. The number of thiophene rings is 1. The lowest BCUT2D eigenvalue weighted by Crippen LogP contribution is -2.41. The smallest absolute Gasteiger partial charge is 0.244 e. The van der Waals surface area contributed by atoms with Crippen LogP contribution in [0.2, 0.25) is 0 Å². The molecule has 1 aromatic carbocycles. The van der Waals surface area contributed by atoms with Gasteiger partial charge in [-0.3, -0.25) is 9.69 Å². The predicted molar refractivity (Wildman–Crippen MR) is 104 cm³/mol. The summed E-state index contributed by atoms with van der Waals surface area (Å²) >= 11 is 1.59. The maximum Gasteiger partial charge on any atom is 0.244 e. The number of likely N-dealkylation sites (tertiary alicyclic amines) is 1. The van der Waals surface area contributed by atoms with Crippen LogP contribution in [-0.4, -0.2) is 34.0 Å². The largest absolute Gasteiger partial charge is 0.351 e. The summed E-state index contributed by atoms with van der Waals surface area (Å²) < 4.78 is 5.54. The molecule has 2 aromatic heterocycles. The molecule has 0 aliphatic carbocycles. The molecule has 1 fully saturated rings. The molecule has 1 aliphatic rings. The second-order valence-electron chi connectivity index (χ2n) is 6.68. The van der Waals surface area contributed by atoms with E-state index in [9.17, 15) is 4.79 Å². The lowest BCUT2D eigenvalue weighted by molar-refractivity contribution is -0.123. The predicted octanol–water partition coefficient (Wildman–Crippen LogP) is 3.64. The van der Waals surface area contributed by atoms with Crippen LogP contribution >= 0.6 is 11.3 Å². The summed E-state index contributed by atoms with van der Waals surface area (Å²) in [6.45, 7) is 1.75. The monoisotopic (exact) mass is 382 g/mol. The Kier molecular flexibility index (Phi) is 5.60. The zero-order valence-corrected chi connectivity index (χ0v) is 15.8. The first kappa shape index (κ1) is 17.9. The van der Waals surface area contributed by atoms with Crippen molar-refractivity contribution in [3.63, 3.8) is 0 Å². The minimum atomic E-state index is 0.00226. The van der Waals surface area contributed by atoms with E-state index in [2.05, 4.69) is 20.4 Å². The number of piperidine rings is 1. The molecule has 4 rings (SSSR count). The van der Waals surface area contributed by atoms with E-state index in [0.717, 1.165) is 36.2 Å². The van der Waals surface area contributed by atoms with Crippen molar-refractivity contribution < 1.29 is 9.32 Å². The molecule has 1 aliphatic heterocycles. The topological polar surface area (TPSA) is 71.3 Å². The normalized spacial score (nSPS) is 17.7. The van der Waals surface area contributed by atoms with Gasteiger partial charge in [0.25, 0.3) is 0 Å². The van der Waals surface area contributed by atoms with Gasteiger partial charge in [-0.2, -0.15) is 4.98 Å². The summed E-state index contributed by atoms with van der Waals surface area (Å²) in [4.78, 5) is 20.2. The molecule has 27 heavy (non-hydrogen) atoms. The molecule has 0 saturated carbocycles. The average Bonchev–Trinajstić information content (AvgIpc) is 3.39. The second-order valence-corrected chi connectivity index (χ2v) is 7.63. The Bertz CT molecular complexity index is 863. The summed E-state index contributed by atoms with van der Waals surface area (Å²) in [6.07, 6.45) is 3.11. The first-order valence-electron chi connectivity index (χ1n) is 9.22. The lowest BCUT2D eigenvalue weighted by Gasteiger charge is -2.32. The fraction of sp³-hybridized carbons (Fsp3) is 0.350. The Balaban J connectivity index is 1.39. The van der Waals surface area contributed by atoms with Gasteiger partial charge >= 0.3 is 0 Å². The molecule has 0 radical (unpaired) electrons. The van der Waals surface area contributed by atoms with E-state index in [-0.39, 0.29) is 11.9 Å². The number of rotatable bonds is 6. The SMILES string of the molecule is O=C(CN1CCCC[C@H]1c1nc(-c2cccs2)no1)NCc1ccccc1. The van der Waals surface area contributed by atoms with E-state index in [4.69, 9.17) is 4.52 Å². The van der Waals surface area contributed by atoms with Crippen LogP contribution in [0.4, 0.5) is 0 Å². The third-order valence-corrected chi connectivity index (χ3v) is 5.63. The Morgan fingerprint density at radius 1 is 1.22 bits per heavy atom. The molecule has 3 aromatic rings. The van der Waals surface area contributed by atoms with E-state index in [0.29, 0.717) is 24.8 Å². The Hall–Kier alpha value is -2.51. The number of amides is 1. The van der Waals surface area contributed by atoms with Crippen LogP contribution in [0.1, 0.15) is 36.8 Å². The molecule has 6 nitrogen and oxygen atoms in total. The maximum atomic E-state index is 12.4. The number of hydrogen-bond donors (Lipinski definition) is 1. The van der Waals surface area contributed by atoms with Crippen molar-refractivity contribution in [1.29, 1.82) is 0 Å². The van der Waals surface area contributed by atoms with Gasteiger partial charge in [-0.1, -0.05) is 48.0 Å². The molecule has 1 atom stereocenters. The number of hydrogen-bond acceptors (Lipinski definition) is 6. The highest BCUT2D eigenvalue weighted by atomic mass is 32.1. The van der Waals surface area contributed by atoms with Crippen LogP contribution in [-0.2, 0) is 11.3 Å². The summed E-state index contributed by atoms with van der Waals surface area (Å²) in [6, 6.07) is 13.9. The highest BCUT2D eigenvalue weighted by Gasteiger charge is 2.30. The minimum Gasteiger partial charge on any atom is -0.351 e. The Morgan fingerprint density at radius 2 is 2.11 bits per heavy atom. The van der Waals surface area contributed by atoms with Gasteiger partial charge in [0.1, 0.15) is 0 Å². The molecule has 0 bridgehead atoms. The van der Waals surface area contributed by atoms with Gasteiger partial charge in [0, 0.05) is 6.54 Å². The van der Waals surface area contributed by atoms with Crippen molar-refractivity contribution in [3.05, 3.63) is 59.3 Å². The molecule has 1 saturated heterocycles. The van der Waals surface area contributed by atoms with E-state index in [1.165, 1.54) is 0 Å². The second kappa shape index (κ2) is 8.45. The van der Waals surface area contributed by atoms with Gasteiger partial charge in [-0.05, 0) is 36.4 Å². The number of aromatic nitrogens is 2. The highest BCUT2D eigenvalue weighted by molar-refractivity contribution is 7.13. The minimum absolute atomic E-state index is 0.00226. The number of carbonyl (C=O) groups excluding carboxylic acids is 1. The first-order valence-corrected chi connectivity index (χ1v) is 10.1. The molecular formula is C20H22N4O2S. The zero-order chi connectivity index (χ0) is 18.5. The van der Waals surface area contributed by atoms with Crippen LogP contribution < -0.4 is 5.32 Å². The van der Waals surface area contributed by atoms with Crippen molar-refractivity contribution in [1.82, 2.24) is 20.4 Å². The molecule has 3 heterocycles. The molecule has 1 amide bonds. The van der Waals surface area contributed by atoms with Crippen LogP contribution in [0.15, 0.2) is 52.4 Å². The molecule has 7 heteroatoms. The summed E-state index contributed by atoms with van der Waals surface area (Å²) in [5.74, 6) is 1.25. The van der Waals surface area contributed by atoms with Crippen molar-refractivity contribution in [2.75, 3.05) is 13.1 Å². The number of carbonyl (C=O) groups is 1. The fourth-order valence-corrected chi connectivity index (χ4v) is 4.02. The summed E-state index contributed by atoms with van der Waals surface area (Å²) in [5.41, 5.74) is 1.10. The third kappa shape index (κ3) is 4.43. The van der Waals surface area contributed by atoms with Crippen LogP contribution in [0, 0.1) is 0 Å². The van der Waals surface area contributed by atoms with Crippen molar-refractivity contribution in [2.24, 2.45) is 0 Å². The van der Waals surface area contributed by atoms with Gasteiger partial charge in [-0.25, -0.2) is 0 Å². The molecule has 140 valence electrons. The summed E-state index contributed by atoms with van der Waals surface area (Å²) in [7, 11) is 0. The van der Waals surface area contributed by atoms with Crippen molar-refractivity contribution in [2.45, 2.75) is 31.8 Å². The number of nitrogens with zero attached hydrogens (tertiary/aromatic N) is 3.